The summed E-state index contributed by atoms with van der Waals surface area (Å²) in [5.41, 5.74) is 0.514. The van der Waals surface area contributed by atoms with Crippen LogP contribution >= 0.6 is 11.8 Å². The Balaban J connectivity index is 1.29. The summed E-state index contributed by atoms with van der Waals surface area (Å²) in [6, 6.07) is 13.9. The number of aromatic nitrogens is 2. The van der Waals surface area contributed by atoms with Gasteiger partial charge in [-0.3, -0.25) is 9.59 Å². The predicted octanol–water partition coefficient (Wildman–Crippen LogP) is 3.33. The van der Waals surface area contributed by atoms with Gasteiger partial charge in [0.15, 0.2) is 17.3 Å². The van der Waals surface area contributed by atoms with Crippen LogP contribution in [0.5, 0.6) is 11.5 Å². The molecular weight excluding hydrogens is 411 g/mol. The standard InChI is InChI=1S/C20H15FN4O4S/c21-14-4-2-1-3-13(14)20(27)23-17-7-8-19(25-24-17)30-10-18(26)22-12-5-6-15-16(9-12)29-11-28-15/h1-9H,10-11H2,(H,22,26)(H,23,24,27). The lowest BCUT2D eigenvalue weighted by Crippen LogP contribution is -2.15. The summed E-state index contributed by atoms with van der Waals surface area (Å²) < 4.78 is 24.2. The summed E-state index contributed by atoms with van der Waals surface area (Å²) in [5.74, 6) is 0.0491. The number of fused-ring (bicyclic) bond motifs is 1. The van der Waals surface area contributed by atoms with E-state index in [0.717, 1.165) is 0 Å². The van der Waals surface area contributed by atoms with E-state index in [1.807, 2.05) is 0 Å². The van der Waals surface area contributed by atoms with Gasteiger partial charge in [-0.15, -0.1) is 10.2 Å². The van der Waals surface area contributed by atoms with E-state index in [9.17, 15) is 14.0 Å². The molecule has 0 aliphatic carbocycles. The number of ether oxygens (including phenoxy) is 2. The average Bonchev–Trinajstić information content (AvgIpc) is 3.21. The minimum absolute atomic E-state index is 0.0852. The molecule has 0 spiro atoms. The number of nitrogens with one attached hydrogen (secondary N) is 2. The maximum atomic E-state index is 13.7. The van der Waals surface area contributed by atoms with Gasteiger partial charge in [0.25, 0.3) is 5.91 Å². The topological polar surface area (TPSA) is 102 Å². The Kier molecular flexibility index (Phi) is 5.75. The van der Waals surface area contributed by atoms with Crippen LogP contribution in [0.4, 0.5) is 15.9 Å². The molecule has 2 amide bonds. The number of rotatable bonds is 6. The van der Waals surface area contributed by atoms with Crippen LogP contribution in [0.1, 0.15) is 10.4 Å². The van der Waals surface area contributed by atoms with Gasteiger partial charge >= 0.3 is 0 Å². The molecule has 1 aliphatic rings. The van der Waals surface area contributed by atoms with E-state index in [0.29, 0.717) is 22.2 Å². The van der Waals surface area contributed by atoms with E-state index in [2.05, 4.69) is 20.8 Å². The number of nitrogens with zero attached hydrogens (tertiary/aromatic N) is 2. The second-order valence-corrected chi connectivity index (χ2v) is 7.09. The molecule has 152 valence electrons. The molecule has 8 nitrogen and oxygen atoms in total. The van der Waals surface area contributed by atoms with Gasteiger partial charge in [0.2, 0.25) is 12.7 Å². The Hall–Kier alpha value is -3.66. The molecule has 2 aromatic carbocycles. The Morgan fingerprint density at radius 1 is 1.00 bits per heavy atom. The van der Waals surface area contributed by atoms with Crippen LogP contribution in [0.3, 0.4) is 0 Å². The Morgan fingerprint density at radius 3 is 2.63 bits per heavy atom. The van der Waals surface area contributed by atoms with Crippen molar-refractivity contribution >= 4 is 35.1 Å². The van der Waals surface area contributed by atoms with E-state index in [4.69, 9.17) is 9.47 Å². The van der Waals surface area contributed by atoms with Crippen LogP contribution in [0.25, 0.3) is 0 Å². The number of halogens is 1. The maximum absolute atomic E-state index is 13.7. The lowest BCUT2D eigenvalue weighted by atomic mass is 10.2. The average molecular weight is 426 g/mol. The van der Waals surface area contributed by atoms with Gasteiger partial charge in [-0.25, -0.2) is 4.39 Å². The summed E-state index contributed by atoms with van der Waals surface area (Å²) in [4.78, 5) is 24.2. The molecule has 1 aromatic heterocycles. The second-order valence-electron chi connectivity index (χ2n) is 6.10. The van der Waals surface area contributed by atoms with Crippen LogP contribution in [-0.2, 0) is 4.79 Å². The molecule has 10 heteroatoms. The number of thioether (sulfide) groups is 1. The van der Waals surface area contributed by atoms with Crippen LogP contribution < -0.4 is 20.1 Å². The smallest absolute Gasteiger partial charge is 0.259 e. The third kappa shape index (κ3) is 4.66. The van der Waals surface area contributed by atoms with Crippen molar-refractivity contribution in [3.8, 4) is 11.5 Å². The molecule has 0 bridgehead atoms. The molecule has 0 saturated carbocycles. The molecule has 0 radical (unpaired) electrons. The van der Waals surface area contributed by atoms with Crippen LogP contribution in [0, 0.1) is 5.82 Å². The molecule has 2 heterocycles. The summed E-state index contributed by atoms with van der Waals surface area (Å²) >= 11 is 1.19. The predicted molar refractivity (Wildman–Crippen MR) is 108 cm³/mol. The van der Waals surface area contributed by atoms with Gasteiger partial charge < -0.3 is 20.1 Å². The van der Waals surface area contributed by atoms with Crippen molar-refractivity contribution in [1.29, 1.82) is 0 Å². The van der Waals surface area contributed by atoms with Crippen molar-refractivity contribution in [2.24, 2.45) is 0 Å². The first-order valence-electron chi connectivity index (χ1n) is 8.80. The number of hydrogen-bond donors (Lipinski definition) is 2. The van der Waals surface area contributed by atoms with E-state index >= 15 is 0 Å². The number of amides is 2. The minimum atomic E-state index is -0.622. The highest BCUT2D eigenvalue weighted by Crippen LogP contribution is 2.34. The van der Waals surface area contributed by atoms with Crippen LogP contribution in [-0.4, -0.2) is 34.6 Å². The monoisotopic (exact) mass is 426 g/mol. The number of carbonyl (C=O) groups is 2. The summed E-state index contributed by atoms with van der Waals surface area (Å²) in [6.07, 6.45) is 0. The van der Waals surface area contributed by atoms with Crippen LogP contribution in [0.15, 0.2) is 59.6 Å². The first-order valence-corrected chi connectivity index (χ1v) is 9.79. The summed E-state index contributed by atoms with van der Waals surface area (Å²) in [7, 11) is 0. The lowest BCUT2D eigenvalue weighted by Gasteiger charge is -2.07. The van der Waals surface area contributed by atoms with E-state index < -0.39 is 11.7 Å². The van der Waals surface area contributed by atoms with Gasteiger partial charge in [0.1, 0.15) is 10.8 Å². The molecule has 0 fully saturated rings. The molecule has 0 atom stereocenters. The minimum Gasteiger partial charge on any atom is -0.454 e. The molecule has 30 heavy (non-hydrogen) atoms. The number of hydrogen-bond acceptors (Lipinski definition) is 7. The fraction of sp³-hybridized carbons (Fsp3) is 0.100. The van der Waals surface area contributed by atoms with E-state index in [1.54, 1.807) is 30.3 Å². The third-order valence-electron chi connectivity index (χ3n) is 4.01. The molecule has 4 rings (SSSR count). The van der Waals surface area contributed by atoms with E-state index in [-0.39, 0.29) is 29.8 Å². The van der Waals surface area contributed by atoms with Gasteiger partial charge in [-0.05, 0) is 36.4 Å². The van der Waals surface area contributed by atoms with Crippen LogP contribution in [0.2, 0.25) is 0 Å². The Morgan fingerprint density at radius 2 is 1.83 bits per heavy atom. The Bertz CT molecular complexity index is 1090. The maximum Gasteiger partial charge on any atom is 0.259 e. The van der Waals surface area contributed by atoms with Gasteiger partial charge in [0, 0.05) is 11.8 Å². The van der Waals surface area contributed by atoms with Crippen molar-refractivity contribution in [3.05, 3.63) is 66.0 Å². The number of carbonyl (C=O) groups excluding carboxylic acids is 2. The highest BCUT2D eigenvalue weighted by Gasteiger charge is 2.15. The van der Waals surface area contributed by atoms with Gasteiger partial charge in [-0.1, -0.05) is 23.9 Å². The second kappa shape index (κ2) is 8.78. The first kappa shape index (κ1) is 19.6. The van der Waals surface area contributed by atoms with Crippen molar-refractivity contribution < 1.29 is 23.5 Å². The highest BCUT2D eigenvalue weighted by atomic mass is 32.2. The normalized spacial score (nSPS) is 11.8. The summed E-state index contributed by atoms with van der Waals surface area (Å²) in [5, 5.41) is 13.6. The third-order valence-corrected chi connectivity index (χ3v) is 4.93. The largest absolute Gasteiger partial charge is 0.454 e. The fourth-order valence-corrected chi connectivity index (χ4v) is 3.22. The van der Waals surface area contributed by atoms with Crippen molar-refractivity contribution in [3.63, 3.8) is 0 Å². The van der Waals surface area contributed by atoms with Crippen molar-refractivity contribution in [2.45, 2.75) is 5.03 Å². The summed E-state index contributed by atoms with van der Waals surface area (Å²) in [6.45, 7) is 0.165. The zero-order valence-corrected chi connectivity index (χ0v) is 16.2. The quantitative estimate of drug-likeness (QED) is 0.583. The van der Waals surface area contributed by atoms with Crippen molar-refractivity contribution in [2.75, 3.05) is 23.2 Å². The zero-order valence-electron chi connectivity index (χ0n) is 15.4. The van der Waals surface area contributed by atoms with E-state index in [1.165, 1.54) is 36.0 Å². The van der Waals surface area contributed by atoms with Crippen molar-refractivity contribution in [1.82, 2.24) is 10.2 Å². The fourth-order valence-electron chi connectivity index (χ4n) is 2.60. The zero-order chi connectivity index (χ0) is 20.9. The first-order chi connectivity index (χ1) is 14.6. The molecule has 2 N–H and O–H groups in total. The molecular formula is C20H15FN4O4S. The molecule has 0 saturated heterocycles. The highest BCUT2D eigenvalue weighted by molar-refractivity contribution is 7.99. The van der Waals surface area contributed by atoms with Gasteiger partial charge in [0.05, 0.1) is 11.3 Å². The molecule has 0 unspecified atom stereocenters. The SMILES string of the molecule is O=C(CSc1ccc(NC(=O)c2ccccc2F)nn1)Nc1ccc2c(c1)OCO2. The molecule has 3 aromatic rings. The van der Waals surface area contributed by atoms with Gasteiger partial charge in [-0.2, -0.15) is 0 Å². The Labute approximate surface area is 174 Å². The number of benzene rings is 2. The molecule has 1 aliphatic heterocycles. The number of anilines is 2. The lowest BCUT2D eigenvalue weighted by molar-refractivity contribution is -0.113.